The van der Waals surface area contributed by atoms with Gasteiger partial charge in [-0.1, -0.05) is 0 Å². The number of carbonyl (C=O) groups is 3. The fourth-order valence-electron chi connectivity index (χ4n) is 0.890. The lowest BCUT2D eigenvalue weighted by Gasteiger charge is -2.17. The quantitative estimate of drug-likeness (QED) is 0.528. The van der Waals surface area contributed by atoms with Gasteiger partial charge in [0.2, 0.25) is 17.7 Å². The molecule has 0 spiro atoms. The zero-order chi connectivity index (χ0) is 11.3. The Hall–Kier alpha value is -1.59. The van der Waals surface area contributed by atoms with Crippen LogP contribution in [0.3, 0.4) is 0 Å². The van der Waals surface area contributed by atoms with Crippen molar-refractivity contribution in [3.8, 4) is 0 Å². The van der Waals surface area contributed by atoms with Gasteiger partial charge in [-0.2, -0.15) is 0 Å². The topological polar surface area (TPSA) is 78.5 Å². The zero-order valence-corrected chi connectivity index (χ0v) is 8.75. The van der Waals surface area contributed by atoms with Gasteiger partial charge in [0.05, 0.1) is 0 Å². The van der Waals surface area contributed by atoms with Crippen molar-refractivity contribution >= 4 is 17.7 Å². The zero-order valence-electron chi connectivity index (χ0n) is 8.75. The SMILES string of the molecule is CNC(=O)C(C(=O)NC)C(=O)N(C)C. The lowest BCUT2D eigenvalue weighted by Crippen LogP contribution is -2.47. The molecule has 0 bridgehead atoms. The second kappa shape index (κ2) is 5.21. The van der Waals surface area contributed by atoms with E-state index < -0.39 is 23.6 Å². The first-order valence-electron chi connectivity index (χ1n) is 4.10. The molecule has 0 aliphatic carbocycles. The summed E-state index contributed by atoms with van der Waals surface area (Å²) in [6.07, 6.45) is 0. The van der Waals surface area contributed by atoms with Crippen molar-refractivity contribution in [2.45, 2.75) is 0 Å². The molecule has 6 heteroatoms. The molecule has 6 nitrogen and oxygen atoms in total. The molecule has 0 aromatic heterocycles. The summed E-state index contributed by atoms with van der Waals surface area (Å²) in [7, 11) is 5.73. The molecule has 0 fully saturated rings. The third-order valence-electron chi connectivity index (χ3n) is 1.70. The Kier molecular flexibility index (Phi) is 4.62. The second-order valence-corrected chi connectivity index (χ2v) is 2.89. The Morgan fingerprint density at radius 3 is 1.57 bits per heavy atom. The highest BCUT2D eigenvalue weighted by atomic mass is 16.2. The third-order valence-corrected chi connectivity index (χ3v) is 1.70. The molecule has 0 saturated carbocycles. The average molecular weight is 201 g/mol. The molecular weight excluding hydrogens is 186 g/mol. The monoisotopic (exact) mass is 201 g/mol. The Bertz CT molecular complexity index is 234. The maximum atomic E-state index is 11.4. The van der Waals surface area contributed by atoms with E-state index in [0.29, 0.717) is 0 Å². The number of hydrogen-bond donors (Lipinski definition) is 2. The maximum Gasteiger partial charge on any atom is 0.244 e. The van der Waals surface area contributed by atoms with Crippen LogP contribution in [0.4, 0.5) is 0 Å². The van der Waals surface area contributed by atoms with E-state index in [4.69, 9.17) is 0 Å². The van der Waals surface area contributed by atoms with Gasteiger partial charge in [0.15, 0.2) is 5.92 Å². The molecular formula is C8H15N3O3. The van der Waals surface area contributed by atoms with E-state index in [2.05, 4.69) is 10.6 Å². The van der Waals surface area contributed by atoms with E-state index in [1.54, 1.807) is 0 Å². The van der Waals surface area contributed by atoms with Crippen LogP contribution in [0.5, 0.6) is 0 Å². The highest BCUT2D eigenvalue weighted by molar-refractivity contribution is 6.17. The van der Waals surface area contributed by atoms with Gasteiger partial charge in [-0.05, 0) is 0 Å². The van der Waals surface area contributed by atoms with Gasteiger partial charge < -0.3 is 15.5 Å². The first kappa shape index (κ1) is 12.4. The van der Waals surface area contributed by atoms with Crippen molar-refractivity contribution < 1.29 is 14.4 Å². The number of nitrogens with zero attached hydrogens (tertiary/aromatic N) is 1. The van der Waals surface area contributed by atoms with Gasteiger partial charge in [-0.25, -0.2) is 0 Å². The first-order chi connectivity index (χ1) is 6.45. The van der Waals surface area contributed by atoms with E-state index in [9.17, 15) is 14.4 Å². The molecule has 3 amide bonds. The van der Waals surface area contributed by atoms with E-state index in [1.165, 1.54) is 33.1 Å². The van der Waals surface area contributed by atoms with Crippen molar-refractivity contribution in [3.63, 3.8) is 0 Å². The fraction of sp³-hybridized carbons (Fsp3) is 0.625. The molecule has 14 heavy (non-hydrogen) atoms. The average Bonchev–Trinajstić information content (AvgIpc) is 2.16. The predicted octanol–water partition coefficient (Wildman–Crippen LogP) is -1.82. The van der Waals surface area contributed by atoms with Crippen LogP contribution < -0.4 is 10.6 Å². The summed E-state index contributed by atoms with van der Waals surface area (Å²) in [4.78, 5) is 35.1. The van der Waals surface area contributed by atoms with Crippen molar-refractivity contribution in [2.75, 3.05) is 28.2 Å². The maximum absolute atomic E-state index is 11.4. The molecule has 0 aliphatic rings. The summed E-state index contributed by atoms with van der Waals surface area (Å²) in [6, 6.07) is 0. The molecule has 0 heterocycles. The van der Waals surface area contributed by atoms with E-state index in [1.807, 2.05) is 0 Å². The van der Waals surface area contributed by atoms with Crippen molar-refractivity contribution in [1.82, 2.24) is 15.5 Å². The minimum atomic E-state index is -1.31. The highest BCUT2D eigenvalue weighted by Gasteiger charge is 2.33. The minimum absolute atomic E-state index is 0.538. The Morgan fingerprint density at radius 1 is 1.00 bits per heavy atom. The summed E-state index contributed by atoms with van der Waals surface area (Å²) < 4.78 is 0. The number of carbonyl (C=O) groups excluding carboxylic acids is 3. The summed E-state index contributed by atoms with van der Waals surface area (Å²) in [5, 5.41) is 4.54. The minimum Gasteiger partial charge on any atom is -0.358 e. The van der Waals surface area contributed by atoms with Gasteiger partial charge >= 0.3 is 0 Å². The van der Waals surface area contributed by atoms with Crippen LogP contribution in [0.15, 0.2) is 0 Å². The van der Waals surface area contributed by atoms with Crippen molar-refractivity contribution in [3.05, 3.63) is 0 Å². The molecule has 0 aliphatic heterocycles. The second-order valence-electron chi connectivity index (χ2n) is 2.89. The third kappa shape index (κ3) is 2.72. The lowest BCUT2D eigenvalue weighted by atomic mass is 10.1. The van der Waals surface area contributed by atoms with Crippen molar-refractivity contribution in [2.24, 2.45) is 5.92 Å². The van der Waals surface area contributed by atoms with Crippen molar-refractivity contribution in [1.29, 1.82) is 0 Å². The largest absolute Gasteiger partial charge is 0.358 e. The Labute approximate surface area is 82.6 Å². The van der Waals surface area contributed by atoms with E-state index >= 15 is 0 Å². The van der Waals surface area contributed by atoms with Crippen LogP contribution in [-0.4, -0.2) is 50.8 Å². The highest BCUT2D eigenvalue weighted by Crippen LogP contribution is 2.01. The van der Waals surface area contributed by atoms with E-state index in [-0.39, 0.29) is 0 Å². The van der Waals surface area contributed by atoms with Crippen LogP contribution >= 0.6 is 0 Å². The van der Waals surface area contributed by atoms with Gasteiger partial charge in [0.1, 0.15) is 0 Å². The first-order valence-corrected chi connectivity index (χ1v) is 4.10. The Balaban J connectivity index is 4.81. The van der Waals surface area contributed by atoms with Crippen LogP contribution in [0.25, 0.3) is 0 Å². The van der Waals surface area contributed by atoms with Gasteiger partial charge in [-0.15, -0.1) is 0 Å². The summed E-state index contributed by atoms with van der Waals surface area (Å²) >= 11 is 0. The fourth-order valence-corrected chi connectivity index (χ4v) is 0.890. The van der Waals surface area contributed by atoms with Gasteiger partial charge in [0.25, 0.3) is 0 Å². The summed E-state index contributed by atoms with van der Waals surface area (Å²) in [5.74, 6) is -3.06. The molecule has 2 N–H and O–H groups in total. The van der Waals surface area contributed by atoms with Crippen LogP contribution in [0.1, 0.15) is 0 Å². The molecule has 0 unspecified atom stereocenters. The lowest BCUT2D eigenvalue weighted by molar-refractivity contribution is -0.146. The molecule has 0 rings (SSSR count). The van der Waals surface area contributed by atoms with Gasteiger partial charge in [-0.3, -0.25) is 14.4 Å². The van der Waals surface area contributed by atoms with Gasteiger partial charge in [0, 0.05) is 28.2 Å². The number of amides is 3. The molecule has 0 saturated heterocycles. The summed E-state index contributed by atoms with van der Waals surface area (Å²) in [6.45, 7) is 0. The molecule has 0 aromatic rings. The normalized spacial score (nSPS) is 9.50. The summed E-state index contributed by atoms with van der Waals surface area (Å²) in [5.41, 5.74) is 0. The number of hydrogen-bond acceptors (Lipinski definition) is 3. The predicted molar refractivity (Wildman–Crippen MR) is 50.3 cm³/mol. The van der Waals surface area contributed by atoms with E-state index in [0.717, 1.165) is 0 Å². The Morgan fingerprint density at radius 2 is 1.36 bits per heavy atom. The van der Waals surface area contributed by atoms with Crippen LogP contribution in [-0.2, 0) is 14.4 Å². The number of rotatable bonds is 3. The molecule has 0 radical (unpaired) electrons. The van der Waals surface area contributed by atoms with Crippen LogP contribution in [0.2, 0.25) is 0 Å². The smallest absolute Gasteiger partial charge is 0.244 e. The number of nitrogens with one attached hydrogen (secondary N) is 2. The standard InChI is InChI=1S/C8H15N3O3/c1-9-6(12)5(7(13)10-2)8(14)11(3)4/h5H,1-4H3,(H,9,12)(H,10,13). The molecule has 0 aromatic carbocycles. The molecule has 0 atom stereocenters. The molecule has 80 valence electrons. The van der Waals surface area contributed by atoms with Crippen LogP contribution in [0, 0.1) is 5.92 Å².